The first-order valence-electron chi connectivity index (χ1n) is 8.95. The Hall–Kier alpha value is -2.44. The predicted molar refractivity (Wildman–Crippen MR) is 93.4 cm³/mol. The van der Waals surface area contributed by atoms with E-state index in [-0.39, 0.29) is 24.8 Å². The van der Waals surface area contributed by atoms with Gasteiger partial charge < -0.3 is 10.1 Å². The lowest BCUT2D eigenvalue weighted by atomic mass is 9.97. The van der Waals surface area contributed by atoms with E-state index in [1.54, 1.807) is 12.1 Å². The molecule has 7 heteroatoms. The Bertz CT molecular complexity index is 721. The van der Waals surface area contributed by atoms with Crippen molar-refractivity contribution >= 4 is 23.5 Å². The molecule has 3 rings (SSSR count). The van der Waals surface area contributed by atoms with E-state index in [9.17, 15) is 18.8 Å². The van der Waals surface area contributed by atoms with E-state index < -0.39 is 12.2 Å². The topological polar surface area (TPSA) is 75.7 Å². The zero-order valence-corrected chi connectivity index (χ0v) is 14.8. The molecular formula is C19H23FN2O4. The summed E-state index contributed by atoms with van der Waals surface area (Å²) in [7, 11) is 0. The molecule has 2 amide bonds. The van der Waals surface area contributed by atoms with Crippen molar-refractivity contribution < 1.29 is 23.5 Å². The minimum absolute atomic E-state index is 0.196. The monoisotopic (exact) mass is 362 g/mol. The van der Waals surface area contributed by atoms with Gasteiger partial charge in [0.2, 0.25) is 5.91 Å². The number of carbonyl (C=O) groups is 3. The lowest BCUT2D eigenvalue weighted by Crippen LogP contribution is -2.33. The SMILES string of the molecule is CC(=O)NC[C@H]1CN(c2ccc(CCC3CCC(=O)C3)c(F)c2)C(=O)O1. The third kappa shape index (κ3) is 4.39. The Kier molecular flexibility index (Phi) is 5.54. The average Bonchev–Trinajstić information content (AvgIpc) is 3.17. The van der Waals surface area contributed by atoms with Crippen LogP contribution in [-0.4, -0.2) is 37.0 Å². The summed E-state index contributed by atoms with van der Waals surface area (Å²) in [4.78, 5) is 35.6. The zero-order chi connectivity index (χ0) is 18.7. The van der Waals surface area contributed by atoms with Gasteiger partial charge in [-0.05, 0) is 42.9 Å². The molecule has 1 saturated carbocycles. The minimum atomic E-state index is -0.544. The van der Waals surface area contributed by atoms with E-state index in [0.29, 0.717) is 42.2 Å². The van der Waals surface area contributed by atoms with E-state index in [1.165, 1.54) is 17.9 Å². The van der Waals surface area contributed by atoms with Crippen LogP contribution in [0.2, 0.25) is 0 Å². The molecule has 26 heavy (non-hydrogen) atoms. The first-order chi connectivity index (χ1) is 12.4. The molecule has 1 aromatic carbocycles. The molecule has 1 aliphatic heterocycles. The van der Waals surface area contributed by atoms with Crippen LogP contribution in [0.4, 0.5) is 14.9 Å². The minimum Gasteiger partial charge on any atom is -0.442 e. The van der Waals surface area contributed by atoms with Gasteiger partial charge in [0.25, 0.3) is 0 Å². The molecule has 2 aliphatic rings. The van der Waals surface area contributed by atoms with Gasteiger partial charge in [0.15, 0.2) is 0 Å². The number of hydrogen-bond donors (Lipinski definition) is 1. The molecule has 0 spiro atoms. The van der Waals surface area contributed by atoms with Crippen molar-refractivity contribution in [2.24, 2.45) is 5.92 Å². The zero-order valence-electron chi connectivity index (χ0n) is 14.8. The lowest BCUT2D eigenvalue weighted by Gasteiger charge is -2.15. The Labute approximate surface area is 151 Å². The molecule has 1 unspecified atom stereocenters. The van der Waals surface area contributed by atoms with Crippen LogP contribution in [0.1, 0.15) is 38.2 Å². The molecule has 1 saturated heterocycles. The fourth-order valence-corrected chi connectivity index (χ4v) is 3.50. The molecule has 0 bridgehead atoms. The van der Waals surface area contributed by atoms with Gasteiger partial charge in [-0.1, -0.05) is 6.07 Å². The van der Waals surface area contributed by atoms with Crippen LogP contribution in [0.25, 0.3) is 0 Å². The molecular weight excluding hydrogens is 339 g/mol. The number of anilines is 1. The molecule has 1 N–H and O–H groups in total. The molecule has 2 fully saturated rings. The van der Waals surface area contributed by atoms with Gasteiger partial charge in [-0.3, -0.25) is 14.5 Å². The largest absolute Gasteiger partial charge is 0.442 e. The highest BCUT2D eigenvalue weighted by atomic mass is 19.1. The summed E-state index contributed by atoms with van der Waals surface area (Å²) < 4.78 is 19.6. The molecule has 2 atom stereocenters. The molecule has 1 aliphatic carbocycles. The van der Waals surface area contributed by atoms with Crippen LogP contribution in [0, 0.1) is 11.7 Å². The second-order valence-electron chi connectivity index (χ2n) is 7.02. The Balaban J connectivity index is 1.59. The lowest BCUT2D eigenvalue weighted by molar-refractivity contribution is -0.119. The standard InChI is InChI=1S/C19H23FN2O4/c1-12(23)21-10-17-11-22(19(25)26-17)15-6-5-14(18(20)9-15)4-2-13-3-7-16(24)8-13/h5-6,9,13,17H,2-4,7-8,10-11H2,1H3,(H,21,23)/t13?,17-/m0/s1. The number of rotatable bonds is 6. The maximum absolute atomic E-state index is 14.4. The number of nitrogens with zero attached hydrogens (tertiary/aromatic N) is 1. The number of halogens is 1. The number of hydrogen-bond acceptors (Lipinski definition) is 4. The van der Waals surface area contributed by atoms with Gasteiger partial charge >= 0.3 is 6.09 Å². The predicted octanol–water partition coefficient (Wildman–Crippen LogP) is 2.59. The number of amides is 2. The van der Waals surface area contributed by atoms with Crippen LogP contribution in [0.15, 0.2) is 18.2 Å². The number of benzene rings is 1. The van der Waals surface area contributed by atoms with Gasteiger partial charge in [-0.15, -0.1) is 0 Å². The highest BCUT2D eigenvalue weighted by Gasteiger charge is 2.32. The van der Waals surface area contributed by atoms with Crippen molar-refractivity contribution in [2.75, 3.05) is 18.0 Å². The summed E-state index contributed by atoms with van der Waals surface area (Å²) in [6.07, 6.45) is 2.53. The summed E-state index contributed by atoms with van der Waals surface area (Å²) in [5.74, 6) is 0.0978. The maximum atomic E-state index is 14.4. The Morgan fingerprint density at radius 2 is 2.19 bits per heavy atom. The number of nitrogens with one attached hydrogen (secondary N) is 1. The van der Waals surface area contributed by atoms with E-state index in [0.717, 1.165) is 12.8 Å². The molecule has 1 heterocycles. The van der Waals surface area contributed by atoms with Gasteiger partial charge in [-0.25, -0.2) is 9.18 Å². The van der Waals surface area contributed by atoms with Crippen molar-refractivity contribution in [3.05, 3.63) is 29.6 Å². The smallest absolute Gasteiger partial charge is 0.414 e. The highest BCUT2D eigenvalue weighted by Crippen LogP contribution is 2.28. The molecule has 0 aromatic heterocycles. The number of carbonyl (C=O) groups excluding carboxylic acids is 3. The van der Waals surface area contributed by atoms with Gasteiger partial charge in [0.1, 0.15) is 17.7 Å². The van der Waals surface area contributed by atoms with Gasteiger partial charge in [0, 0.05) is 19.8 Å². The summed E-state index contributed by atoms with van der Waals surface area (Å²) in [5.41, 5.74) is 1.04. The quantitative estimate of drug-likeness (QED) is 0.844. The normalized spacial score (nSPS) is 22.6. The van der Waals surface area contributed by atoms with Crippen LogP contribution in [0.3, 0.4) is 0 Å². The Morgan fingerprint density at radius 1 is 1.38 bits per heavy atom. The summed E-state index contributed by atoms with van der Waals surface area (Å²) >= 11 is 0. The summed E-state index contributed by atoms with van der Waals surface area (Å²) in [6, 6.07) is 4.74. The van der Waals surface area contributed by atoms with E-state index in [1.807, 2.05) is 0 Å². The van der Waals surface area contributed by atoms with Crippen molar-refractivity contribution in [3.8, 4) is 0 Å². The number of cyclic esters (lactones) is 1. The molecule has 140 valence electrons. The van der Waals surface area contributed by atoms with Gasteiger partial charge in [-0.2, -0.15) is 0 Å². The van der Waals surface area contributed by atoms with Gasteiger partial charge in [0.05, 0.1) is 18.8 Å². The maximum Gasteiger partial charge on any atom is 0.414 e. The van der Waals surface area contributed by atoms with E-state index in [2.05, 4.69) is 5.32 Å². The first-order valence-corrected chi connectivity index (χ1v) is 8.95. The fraction of sp³-hybridized carbons (Fsp3) is 0.526. The van der Waals surface area contributed by atoms with Crippen LogP contribution in [-0.2, 0) is 20.7 Å². The molecule has 0 radical (unpaired) electrons. The average molecular weight is 362 g/mol. The highest BCUT2D eigenvalue weighted by molar-refractivity contribution is 5.89. The number of aryl methyl sites for hydroxylation is 1. The van der Waals surface area contributed by atoms with E-state index >= 15 is 0 Å². The van der Waals surface area contributed by atoms with Crippen molar-refractivity contribution in [3.63, 3.8) is 0 Å². The van der Waals surface area contributed by atoms with E-state index in [4.69, 9.17) is 4.74 Å². The summed E-state index contributed by atoms with van der Waals surface area (Å²) in [5, 5.41) is 2.61. The second kappa shape index (κ2) is 7.85. The van der Waals surface area contributed by atoms with Crippen molar-refractivity contribution in [2.45, 2.75) is 45.1 Å². The van der Waals surface area contributed by atoms with Crippen LogP contribution in [0.5, 0.6) is 0 Å². The van der Waals surface area contributed by atoms with Crippen molar-refractivity contribution in [1.29, 1.82) is 0 Å². The third-order valence-electron chi connectivity index (χ3n) is 4.97. The van der Waals surface area contributed by atoms with Crippen molar-refractivity contribution in [1.82, 2.24) is 5.32 Å². The summed E-state index contributed by atoms with van der Waals surface area (Å²) in [6.45, 7) is 1.89. The Morgan fingerprint density at radius 3 is 2.85 bits per heavy atom. The van der Waals surface area contributed by atoms with Crippen LogP contribution >= 0.6 is 0 Å². The number of ketones is 1. The first kappa shape index (κ1) is 18.4. The third-order valence-corrected chi connectivity index (χ3v) is 4.97. The van der Waals surface area contributed by atoms with Crippen LogP contribution < -0.4 is 10.2 Å². The molecule has 1 aromatic rings. The molecule has 6 nitrogen and oxygen atoms in total. The number of ether oxygens (including phenoxy) is 1. The fourth-order valence-electron chi connectivity index (χ4n) is 3.50. The number of Topliss-reactive ketones (excluding diaryl/α,β-unsaturated/α-hetero) is 1. The second-order valence-corrected chi connectivity index (χ2v) is 7.02.